The lowest BCUT2D eigenvalue weighted by molar-refractivity contribution is -0.137. The van der Waals surface area contributed by atoms with Gasteiger partial charge in [-0.2, -0.15) is 13.2 Å². The molecule has 0 spiro atoms. The van der Waals surface area contributed by atoms with Gasteiger partial charge >= 0.3 is 6.18 Å². The molecule has 0 saturated heterocycles. The van der Waals surface area contributed by atoms with E-state index in [4.69, 9.17) is 4.74 Å². The Bertz CT molecular complexity index is 1080. The van der Waals surface area contributed by atoms with Crippen LogP contribution in [0.1, 0.15) is 5.56 Å². The largest absolute Gasteiger partial charge is 0.496 e. The molecule has 0 aliphatic rings. The highest BCUT2D eigenvalue weighted by Gasteiger charge is 2.33. The van der Waals surface area contributed by atoms with Crippen molar-refractivity contribution in [3.8, 4) is 17.1 Å². The number of nitrogens with zero attached hydrogens (tertiary/aromatic N) is 3. The molecule has 31 heavy (non-hydrogen) atoms. The van der Waals surface area contributed by atoms with Crippen molar-refractivity contribution in [1.82, 2.24) is 14.8 Å². The molecular formula is C21H19F3N4O2S. The Kier molecular flexibility index (Phi) is 7.01. The monoisotopic (exact) mass is 448 g/mol. The van der Waals surface area contributed by atoms with Gasteiger partial charge in [0, 0.05) is 6.54 Å². The molecule has 1 aromatic heterocycles. The Hall–Kier alpha value is -3.27. The van der Waals surface area contributed by atoms with Crippen molar-refractivity contribution < 1.29 is 22.7 Å². The molecule has 2 aromatic carbocycles. The van der Waals surface area contributed by atoms with Crippen molar-refractivity contribution in [2.24, 2.45) is 0 Å². The van der Waals surface area contributed by atoms with Gasteiger partial charge in [0.2, 0.25) is 5.91 Å². The quantitative estimate of drug-likeness (QED) is 0.393. The Balaban J connectivity index is 1.78. The SMILES string of the molecule is C=CCn1c(SCC(=O)Nc2ccccc2C(F)(F)F)nnc1-c1ccccc1OC. The number of methoxy groups -OCH3 is 1. The average molecular weight is 448 g/mol. The summed E-state index contributed by atoms with van der Waals surface area (Å²) in [4.78, 5) is 12.3. The molecule has 3 aromatic rings. The highest BCUT2D eigenvalue weighted by molar-refractivity contribution is 7.99. The number of anilines is 1. The van der Waals surface area contributed by atoms with E-state index >= 15 is 0 Å². The van der Waals surface area contributed by atoms with Crippen LogP contribution in [-0.4, -0.2) is 33.5 Å². The van der Waals surface area contributed by atoms with E-state index in [1.54, 1.807) is 23.8 Å². The molecule has 0 fully saturated rings. The number of amides is 1. The van der Waals surface area contributed by atoms with E-state index in [-0.39, 0.29) is 11.4 Å². The van der Waals surface area contributed by atoms with Crippen LogP contribution >= 0.6 is 11.8 Å². The van der Waals surface area contributed by atoms with E-state index in [9.17, 15) is 18.0 Å². The van der Waals surface area contributed by atoms with Gasteiger partial charge in [-0.05, 0) is 24.3 Å². The van der Waals surface area contributed by atoms with E-state index in [1.165, 1.54) is 18.2 Å². The minimum Gasteiger partial charge on any atom is -0.496 e. The third-order valence-corrected chi connectivity index (χ3v) is 5.18. The van der Waals surface area contributed by atoms with Gasteiger partial charge in [-0.1, -0.05) is 42.1 Å². The van der Waals surface area contributed by atoms with Gasteiger partial charge in [0.05, 0.1) is 29.7 Å². The fourth-order valence-corrected chi connectivity index (χ4v) is 3.62. The summed E-state index contributed by atoms with van der Waals surface area (Å²) < 4.78 is 46.5. The van der Waals surface area contributed by atoms with Gasteiger partial charge in [-0.25, -0.2) is 0 Å². The first kappa shape index (κ1) is 22.4. The molecule has 10 heteroatoms. The molecule has 0 saturated carbocycles. The number of para-hydroxylation sites is 2. The third-order valence-electron chi connectivity index (χ3n) is 4.22. The predicted molar refractivity (Wildman–Crippen MR) is 113 cm³/mol. The van der Waals surface area contributed by atoms with E-state index in [0.717, 1.165) is 23.4 Å². The van der Waals surface area contributed by atoms with Crippen LogP contribution in [-0.2, 0) is 17.5 Å². The molecule has 6 nitrogen and oxygen atoms in total. The van der Waals surface area contributed by atoms with Crippen molar-refractivity contribution in [2.75, 3.05) is 18.2 Å². The number of nitrogens with one attached hydrogen (secondary N) is 1. The summed E-state index contributed by atoms with van der Waals surface area (Å²) in [6, 6.07) is 12.1. The Labute approximate surface area is 181 Å². The first-order valence-electron chi connectivity index (χ1n) is 9.11. The lowest BCUT2D eigenvalue weighted by Crippen LogP contribution is -2.18. The first-order valence-corrected chi connectivity index (χ1v) is 10.1. The summed E-state index contributed by atoms with van der Waals surface area (Å²) >= 11 is 1.06. The number of alkyl halides is 3. The zero-order valence-electron chi connectivity index (χ0n) is 16.5. The number of aromatic nitrogens is 3. The molecule has 0 bridgehead atoms. The summed E-state index contributed by atoms with van der Waals surface area (Å²) in [5.41, 5.74) is -0.473. The lowest BCUT2D eigenvalue weighted by atomic mass is 10.1. The van der Waals surface area contributed by atoms with Gasteiger partial charge < -0.3 is 10.1 Å². The average Bonchev–Trinajstić information content (AvgIpc) is 3.14. The highest BCUT2D eigenvalue weighted by atomic mass is 32.2. The maximum absolute atomic E-state index is 13.1. The number of allylic oxidation sites excluding steroid dienone is 1. The van der Waals surface area contributed by atoms with Crippen molar-refractivity contribution in [3.63, 3.8) is 0 Å². The predicted octanol–water partition coefficient (Wildman–Crippen LogP) is 4.89. The van der Waals surface area contributed by atoms with E-state index in [2.05, 4.69) is 22.1 Å². The van der Waals surface area contributed by atoms with Crippen LogP contribution in [0.25, 0.3) is 11.4 Å². The number of ether oxygens (including phenoxy) is 1. The lowest BCUT2D eigenvalue weighted by Gasteiger charge is -2.13. The molecule has 3 rings (SSSR count). The molecular weight excluding hydrogens is 429 g/mol. The zero-order chi connectivity index (χ0) is 22.4. The van der Waals surface area contributed by atoms with E-state index in [0.29, 0.717) is 23.3 Å². The van der Waals surface area contributed by atoms with E-state index in [1.807, 2.05) is 18.2 Å². The second kappa shape index (κ2) is 9.69. The fraction of sp³-hybridized carbons (Fsp3) is 0.190. The topological polar surface area (TPSA) is 69.0 Å². The van der Waals surface area contributed by atoms with Crippen molar-refractivity contribution in [2.45, 2.75) is 17.9 Å². The van der Waals surface area contributed by atoms with Crippen molar-refractivity contribution >= 4 is 23.4 Å². The van der Waals surface area contributed by atoms with Crippen LogP contribution < -0.4 is 10.1 Å². The van der Waals surface area contributed by atoms with Crippen LogP contribution in [0.3, 0.4) is 0 Å². The summed E-state index contributed by atoms with van der Waals surface area (Å²) in [5, 5.41) is 11.1. The minimum atomic E-state index is -4.56. The molecule has 0 unspecified atom stereocenters. The van der Waals surface area contributed by atoms with Gasteiger partial charge in [0.15, 0.2) is 11.0 Å². The van der Waals surface area contributed by atoms with Crippen molar-refractivity contribution in [3.05, 3.63) is 66.7 Å². The fourth-order valence-electron chi connectivity index (χ4n) is 2.87. The summed E-state index contributed by atoms with van der Waals surface area (Å²) in [5.74, 6) is 0.405. The van der Waals surface area contributed by atoms with Crippen LogP contribution in [0.4, 0.5) is 18.9 Å². The standard InChI is InChI=1S/C21H19F3N4O2S/c1-3-12-28-19(14-8-4-7-11-17(14)30-2)26-27-20(28)31-13-18(29)25-16-10-6-5-9-15(16)21(22,23)24/h3-11H,1,12-13H2,2H3,(H,25,29). The summed E-state index contributed by atoms with van der Waals surface area (Å²) in [6.45, 7) is 4.11. The first-order chi connectivity index (χ1) is 14.8. The molecule has 1 amide bonds. The number of benzene rings is 2. The molecule has 1 N–H and O–H groups in total. The van der Waals surface area contributed by atoms with Crippen LogP contribution in [0.5, 0.6) is 5.75 Å². The van der Waals surface area contributed by atoms with Crippen molar-refractivity contribution in [1.29, 1.82) is 0 Å². The molecule has 162 valence electrons. The minimum absolute atomic E-state index is 0.145. The third kappa shape index (κ3) is 5.26. The number of carbonyl (C=O) groups excluding carboxylic acids is 1. The molecule has 0 aliphatic carbocycles. The number of thioether (sulfide) groups is 1. The molecule has 1 heterocycles. The number of rotatable bonds is 8. The van der Waals surface area contributed by atoms with E-state index < -0.39 is 17.6 Å². The Morgan fingerprint density at radius 3 is 2.61 bits per heavy atom. The van der Waals surface area contributed by atoms with Crippen LogP contribution in [0.2, 0.25) is 0 Å². The highest BCUT2D eigenvalue weighted by Crippen LogP contribution is 2.35. The van der Waals surface area contributed by atoms with Gasteiger partial charge in [-0.15, -0.1) is 16.8 Å². The molecule has 0 aliphatic heterocycles. The maximum atomic E-state index is 13.1. The number of hydrogen-bond acceptors (Lipinski definition) is 5. The van der Waals surface area contributed by atoms with Gasteiger partial charge in [0.25, 0.3) is 0 Å². The van der Waals surface area contributed by atoms with Gasteiger partial charge in [-0.3, -0.25) is 9.36 Å². The number of hydrogen-bond donors (Lipinski definition) is 1. The number of halogens is 3. The normalized spacial score (nSPS) is 11.2. The van der Waals surface area contributed by atoms with Crippen LogP contribution in [0, 0.1) is 0 Å². The van der Waals surface area contributed by atoms with Gasteiger partial charge in [0.1, 0.15) is 5.75 Å². The maximum Gasteiger partial charge on any atom is 0.418 e. The summed E-state index contributed by atoms with van der Waals surface area (Å²) in [7, 11) is 1.55. The number of carbonyl (C=O) groups is 1. The smallest absolute Gasteiger partial charge is 0.418 e. The zero-order valence-corrected chi connectivity index (χ0v) is 17.3. The molecule has 0 atom stereocenters. The Morgan fingerprint density at radius 2 is 1.90 bits per heavy atom. The second-order valence-electron chi connectivity index (χ2n) is 6.29. The summed E-state index contributed by atoms with van der Waals surface area (Å²) in [6.07, 6.45) is -2.91. The molecule has 0 radical (unpaired) electrons. The van der Waals surface area contributed by atoms with Crippen LogP contribution in [0.15, 0.2) is 66.3 Å². The second-order valence-corrected chi connectivity index (χ2v) is 7.23. The Morgan fingerprint density at radius 1 is 1.19 bits per heavy atom.